The van der Waals surface area contributed by atoms with Crippen molar-refractivity contribution < 1.29 is 0 Å². The van der Waals surface area contributed by atoms with Crippen molar-refractivity contribution in [3.8, 4) is 0 Å². The number of alkyl halides is 3. The van der Waals surface area contributed by atoms with Crippen molar-refractivity contribution in [2.24, 2.45) is 0 Å². The van der Waals surface area contributed by atoms with E-state index in [9.17, 15) is 0 Å². The zero-order valence-corrected chi connectivity index (χ0v) is 10.2. The van der Waals surface area contributed by atoms with Crippen molar-refractivity contribution >= 4 is 34.8 Å². The second kappa shape index (κ2) is 5.74. The minimum absolute atomic E-state index is 0.702. The highest BCUT2D eigenvalue weighted by molar-refractivity contribution is 6.66. The molecule has 0 aliphatic carbocycles. The highest BCUT2D eigenvalue weighted by Crippen LogP contribution is 2.37. The Labute approximate surface area is 94.8 Å². The monoisotopic (exact) mass is 238 g/mol. The average Bonchev–Trinajstić information content (AvgIpc) is 2.07. The maximum absolute atomic E-state index is 5.64. The lowest BCUT2D eigenvalue weighted by Crippen LogP contribution is -1.98. The molecule has 0 heterocycles. The van der Waals surface area contributed by atoms with Crippen LogP contribution in [0.4, 0.5) is 0 Å². The van der Waals surface area contributed by atoms with Gasteiger partial charge in [0.25, 0.3) is 0 Å². The summed E-state index contributed by atoms with van der Waals surface area (Å²) in [5.74, 6) is 0. The molecular weight excluding hydrogens is 226 g/mol. The summed E-state index contributed by atoms with van der Waals surface area (Å²) in [4.78, 5) is 0. The van der Waals surface area contributed by atoms with E-state index in [0.29, 0.717) is 5.56 Å². The van der Waals surface area contributed by atoms with Crippen LogP contribution in [0.25, 0.3) is 0 Å². The maximum Gasteiger partial charge on any atom is 0.216 e. The van der Waals surface area contributed by atoms with Gasteiger partial charge in [-0.05, 0) is 6.92 Å². The molecule has 0 saturated heterocycles. The van der Waals surface area contributed by atoms with Gasteiger partial charge in [0.2, 0.25) is 3.79 Å². The molecule has 0 aliphatic heterocycles. The first kappa shape index (κ1) is 13.1. The van der Waals surface area contributed by atoms with Crippen molar-refractivity contribution in [1.29, 1.82) is 0 Å². The Balaban J connectivity index is 0.000000671. The summed E-state index contributed by atoms with van der Waals surface area (Å²) in [6, 6.07) is 7.44. The minimum atomic E-state index is -1.30. The van der Waals surface area contributed by atoms with Crippen LogP contribution >= 0.6 is 34.8 Å². The summed E-state index contributed by atoms with van der Waals surface area (Å²) in [7, 11) is 0. The lowest BCUT2D eigenvalue weighted by atomic mass is 10.2. The molecule has 0 nitrogen and oxygen atoms in total. The van der Waals surface area contributed by atoms with Crippen LogP contribution in [0.2, 0.25) is 0 Å². The summed E-state index contributed by atoms with van der Waals surface area (Å²) in [5.41, 5.74) is 1.86. The standard InChI is InChI=1S/C8H7Cl3.C2H6/c1-6-2-4-7(5-3-6)8(9,10)11;1-2/h2-5H,1H3;1-2H3. The molecular formula is C10H13Cl3. The molecule has 0 N–H and O–H groups in total. The molecule has 0 radical (unpaired) electrons. The third kappa shape index (κ3) is 4.75. The molecule has 74 valence electrons. The molecule has 0 bridgehead atoms. The fourth-order valence-corrected chi connectivity index (χ4v) is 1.12. The molecule has 0 atom stereocenters. The van der Waals surface area contributed by atoms with Gasteiger partial charge in [-0.25, -0.2) is 0 Å². The highest BCUT2D eigenvalue weighted by atomic mass is 35.6. The molecule has 0 saturated carbocycles. The summed E-state index contributed by atoms with van der Waals surface area (Å²) in [5, 5.41) is 0. The van der Waals surface area contributed by atoms with Gasteiger partial charge in [0.1, 0.15) is 0 Å². The summed E-state index contributed by atoms with van der Waals surface area (Å²) < 4.78 is -1.30. The van der Waals surface area contributed by atoms with Crippen LogP contribution < -0.4 is 0 Å². The molecule has 0 unspecified atom stereocenters. The van der Waals surface area contributed by atoms with E-state index >= 15 is 0 Å². The van der Waals surface area contributed by atoms with E-state index in [2.05, 4.69) is 0 Å². The molecule has 1 rings (SSSR count). The Bertz CT molecular complexity index is 233. The Hall–Kier alpha value is 0.0900. The van der Waals surface area contributed by atoms with Gasteiger partial charge < -0.3 is 0 Å². The van der Waals surface area contributed by atoms with Crippen LogP contribution in [0.15, 0.2) is 24.3 Å². The molecule has 0 fully saturated rings. The van der Waals surface area contributed by atoms with Gasteiger partial charge in [-0.2, -0.15) is 0 Å². The quantitative estimate of drug-likeness (QED) is 0.568. The normalized spacial score (nSPS) is 10.3. The molecule has 0 aliphatic rings. The Morgan fingerprint density at radius 2 is 1.31 bits per heavy atom. The summed E-state index contributed by atoms with van der Waals surface area (Å²) in [6.45, 7) is 5.99. The zero-order chi connectivity index (χ0) is 10.5. The fourth-order valence-electron chi connectivity index (χ4n) is 0.743. The second-order valence-corrected chi connectivity index (χ2v) is 4.65. The van der Waals surface area contributed by atoms with E-state index in [0.717, 1.165) is 5.56 Å². The first-order valence-corrected chi connectivity index (χ1v) is 5.27. The smallest absolute Gasteiger partial charge is 0.0784 e. The molecule has 0 aromatic heterocycles. The largest absolute Gasteiger partial charge is 0.216 e. The van der Waals surface area contributed by atoms with E-state index in [-0.39, 0.29) is 0 Å². The van der Waals surface area contributed by atoms with Gasteiger partial charge in [-0.3, -0.25) is 0 Å². The minimum Gasteiger partial charge on any atom is -0.0784 e. The van der Waals surface area contributed by atoms with Gasteiger partial charge in [0, 0.05) is 5.56 Å². The maximum atomic E-state index is 5.64. The molecule has 0 amide bonds. The lowest BCUT2D eigenvalue weighted by molar-refractivity contribution is 1.23. The number of halogens is 3. The Morgan fingerprint density at radius 3 is 1.62 bits per heavy atom. The zero-order valence-electron chi connectivity index (χ0n) is 7.94. The number of aryl methyl sites for hydroxylation is 1. The number of hydrogen-bond donors (Lipinski definition) is 0. The highest BCUT2D eigenvalue weighted by Gasteiger charge is 2.21. The predicted octanol–water partition coefficient (Wildman–Crippen LogP) is 4.85. The Morgan fingerprint density at radius 1 is 0.923 bits per heavy atom. The number of benzene rings is 1. The molecule has 1 aromatic rings. The van der Waals surface area contributed by atoms with E-state index in [1.807, 2.05) is 45.0 Å². The van der Waals surface area contributed by atoms with E-state index in [1.54, 1.807) is 0 Å². The van der Waals surface area contributed by atoms with Crippen LogP contribution in [0.3, 0.4) is 0 Å². The van der Waals surface area contributed by atoms with Crippen molar-refractivity contribution in [2.75, 3.05) is 0 Å². The van der Waals surface area contributed by atoms with Gasteiger partial charge in [0.05, 0.1) is 0 Å². The number of hydrogen-bond acceptors (Lipinski definition) is 0. The van der Waals surface area contributed by atoms with E-state index in [4.69, 9.17) is 34.8 Å². The van der Waals surface area contributed by atoms with Crippen LogP contribution in [0.1, 0.15) is 25.0 Å². The van der Waals surface area contributed by atoms with Crippen LogP contribution in [0, 0.1) is 6.92 Å². The first-order chi connectivity index (χ1) is 6.00. The van der Waals surface area contributed by atoms with Crippen LogP contribution in [-0.4, -0.2) is 0 Å². The summed E-state index contributed by atoms with van der Waals surface area (Å²) >= 11 is 16.9. The van der Waals surface area contributed by atoms with Gasteiger partial charge in [-0.1, -0.05) is 78.5 Å². The van der Waals surface area contributed by atoms with E-state index < -0.39 is 3.79 Å². The van der Waals surface area contributed by atoms with E-state index in [1.165, 1.54) is 0 Å². The first-order valence-electron chi connectivity index (χ1n) is 4.14. The van der Waals surface area contributed by atoms with Crippen molar-refractivity contribution in [3.63, 3.8) is 0 Å². The molecule has 13 heavy (non-hydrogen) atoms. The van der Waals surface area contributed by atoms with Gasteiger partial charge >= 0.3 is 0 Å². The summed E-state index contributed by atoms with van der Waals surface area (Å²) in [6.07, 6.45) is 0. The number of rotatable bonds is 0. The van der Waals surface area contributed by atoms with Crippen molar-refractivity contribution in [2.45, 2.75) is 24.6 Å². The molecule has 0 spiro atoms. The lowest BCUT2D eigenvalue weighted by Gasteiger charge is -2.10. The topological polar surface area (TPSA) is 0 Å². The average molecular weight is 240 g/mol. The molecule has 1 aromatic carbocycles. The molecule has 3 heteroatoms. The third-order valence-electron chi connectivity index (χ3n) is 1.38. The van der Waals surface area contributed by atoms with Gasteiger partial charge in [-0.15, -0.1) is 0 Å². The van der Waals surface area contributed by atoms with Gasteiger partial charge in [0.15, 0.2) is 0 Å². The second-order valence-electron chi connectivity index (χ2n) is 2.36. The Kier molecular flexibility index (Phi) is 5.78. The fraction of sp³-hybridized carbons (Fsp3) is 0.400. The predicted molar refractivity (Wildman–Crippen MR) is 61.8 cm³/mol. The van der Waals surface area contributed by atoms with Crippen LogP contribution in [-0.2, 0) is 3.79 Å². The van der Waals surface area contributed by atoms with Crippen LogP contribution in [0.5, 0.6) is 0 Å². The van der Waals surface area contributed by atoms with Crippen molar-refractivity contribution in [1.82, 2.24) is 0 Å². The third-order valence-corrected chi connectivity index (χ3v) is 2.03. The van der Waals surface area contributed by atoms with Crippen molar-refractivity contribution in [3.05, 3.63) is 35.4 Å². The SMILES string of the molecule is CC.Cc1ccc(C(Cl)(Cl)Cl)cc1.